The highest BCUT2D eigenvalue weighted by atomic mass is 16.3. The van der Waals surface area contributed by atoms with E-state index in [0.717, 1.165) is 24.1 Å². The van der Waals surface area contributed by atoms with E-state index in [1.54, 1.807) is 12.1 Å². The van der Waals surface area contributed by atoms with Gasteiger partial charge in [0.1, 0.15) is 5.75 Å². The fourth-order valence-electron chi connectivity index (χ4n) is 2.86. The molecule has 0 bridgehead atoms. The van der Waals surface area contributed by atoms with Gasteiger partial charge in [-0.05, 0) is 36.1 Å². The quantitative estimate of drug-likeness (QED) is 0.724. The highest BCUT2D eigenvalue weighted by molar-refractivity contribution is 6.00. The van der Waals surface area contributed by atoms with Crippen LogP contribution in [0.25, 0.3) is 0 Å². The Bertz CT molecular complexity index is 541. The molecule has 0 aliphatic carbocycles. The number of hydrogen-bond donors (Lipinski definition) is 2. The molecule has 2 N–H and O–H groups in total. The smallest absolute Gasteiger partial charge is 0.243 e. The van der Waals surface area contributed by atoms with Crippen LogP contribution in [0.15, 0.2) is 18.2 Å². The molecule has 1 aromatic rings. The van der Waals surface area contributed by atoms with Crippen LogP contribution in [0, 0.1) is 0 Å². The summed E-state index contributed by atoms with van der Waals surface area (Å²) in [5.41, 5.74) is 2.29. The van der Waals surface area contributed by atoms with E-state index in [-0.39, 0.29) is 23.6 Å². The van der Waals surface area contributed by atoms with Gasteiger partial charge in [-0.2, -0.15) is 0 Å². The summed E-state index contributed by atoms with van der Waals surface area (Å²) < 4.78 is 0. The minimum absolute atomic E-state index is 0.177. The minimum Gasteiger partial charge on any atom is -0.508 e. The van der Waals surface area contributed by atoms with Gasteiger partial charge < -0.3 is 5.11 Å². The van der Waals surface area contributed by atoms with Gasteiger partial charge in [0.15, 0.2) is 0 Å². The molecule has 5 nitrogen and oxygen atoms in total. The third-order valence-corrected chi connectivity index (χ3v) is 3.88. The Labute approximate surface area is 111 Å². The Balaban J connectivity index is 1.77. The molecule has 19 heavy (non-hydrogen) atoms. The highest BCUT2D eigenvalue weighted by Gasteiger charge is 2.33. The van der Waals surface area contributed by atoms with Crippen molar-refractivity contribution in [2.24, 2.45) is 0 Å². The second kappa shape index (κ2) is 4.66. The van der Waals surface area contributed by atoms with Gasteiger partial charge in [0.25, 0.3) is 0 Å². The number of rotatable bonds is 1. The van der Waals surface area contributed by atoms with Crippen LogP contribution < -0.4 is 5.32 Å². The molecule has 2 aliphatic rings. The fourth-order valence-corrected chi connectivity index (χ4v) is 2.86. The molecule has 1 atom stereocenters. The second-order valence-electron chi connectivity index (χ2n) is 5.14. The van der Waals surface area contributed by atoms with Gasteiger partial charge in [-0.25, -0.2) is 0 Å². The zero-order valence-corrected chi connectivity index (χ0v) is 10.6. The van der Waals surface area contributed by atoms with Gasteiger partial charge in [-0.15, -0.1) is 0 Å². The van der Waals surface area contributed by atoms with Gasteiger partial charge >= 0.3 is 0 Å². The fraction of sp³-hybridized carbons (Fsp3) is 0.429. The average Bonchev–Trinajstić information content (AvgIpc) is 2.38. The van der Waals surface area contributed by atoms with Gasteiger partial charge in [0.05, 0.1) is 6.04 Å². The molecule has 1 saturated heterocycles. The number of nitrogens with one attached hydrogen (secondary N) is 1. The van der Waals surface area contributed by atoms with Gasteiger partial charge in [0.2, 0.25) is 11.8 Å². The lowest BCUT2D eigenvalue weighted by Crippen LogP contribution is -2.53. The van der Waals surface area contributed by atoms with Crippen molar-refractivity contribution in [3.05, 3.63) is 29.3 Å². The highest BCUT2D eigenvalue weighted by Crippen LogP contribution is 2.26. The molecule has 0 radical (unpaired) electrons. The first kappa shape index (κ1) is 12.2. The number of carbonyl (C=O) groups excluding carboxylic acids is 2. The Morgan fingerprint density at radius 3 is 2.84 bits per heavy atom. The summed E-state index contributed by atoms with van der Waals surface area (Å²) in [6.45, 7) is 1.48. The molecule has 2 heterocycles. The van der Waals surface area contributed by atoms with E-state index in [2.05, 4.69) is 10.2 Å². The van der Waals surface area contributed by atoms with Crippen molar-refractivity contribution in [3.8, 4) is 5.75 Å². The van der Waals surface area contributed by atoms with Crippen molar-refractivity contribution in [1.29, 1.82) is 0 Å². The largest absolute Gasteiger partial charge is 0.508 e. The van der Waals surface area contributed by atoms with E-state index in [4.69, 9.17) is 0 Å². The van der Waals surface area contributed by atoms with E-state index in [0.29, 0.717) is 19.4 Å². The molecule has 5 heteroatoms. The number of imide groups is 1. The Hall–Kier alpha value is -1.88. The van der Waals surface area contributed by atoms with Gasteiger partial charge in [-0.1, -0.05) is 6.07 Å². The summed E-state index contributed by atoms with van der Waals surface area (Å²) in [7, 11) is 0. The Kier molecular flexibility index (Phi) is 2.98. The first-order chi connectivity index (χ1) is 9.13. The summed E-state index contributed by atoms with van der Waals surface area (Å²) >= 11 is 0. The predicted molar refractivity (Wildman–Crippen MR) is 68.4 cm³/mol. The maximum absolute atomic E-state index is 11.9. The molecule has 3 rings (SSSR count). The maximum atomic E-state index is 11.9. The summed E-state index contributed by atoms with van der Waals surface area (Å²) in [6, 6.07) is 5.16. The molecule has 0 spiro atoms. The van der Waals surface area contributed by atoms with Gasteiger partial charge in [-0.3, -0.25) is 19.8 Å². The second-order valence-corrected chi connectivity index (χ2v) is 5.14. The number of carbonyl (C=O) groups is 2. The zero-order valence-electron chi connectivity index (χ0n) is 10.6. The molecule has 0 aromatic heterocycles. The topological polar surface area (TPSA) is 69.6 Å². The standard InChI is InChI=1S/C14H16N2O3/c17-11-2-1-10-8-16(6-5-9(10)7-11)12-3-4-13(18)15-14(12)19/h1-2,7,12,17H,3-6,8H2,(H,15,18,19). The van der Waals surface area contributed by atoms with Crippen LogP contribution in [0.5, 0.6) is 5.75 Å². The number of nitrogens with zero attached hydrogens (tertiary/aromatic N) is 1. The third-order valence-electron chi connectivity index (χ3n) is 3.88. The van der Waals surface area contributed by atoms with Crippen LogP contribution in [0.2, 0.25) is 0 Å². The van der Waals surface area contributed by atoms with Crippen molar-refractivity contribution in [1.82, 2.24) is 10.2 Å². The molecule has 1 fully saturated rings. The molecular formula is C14H16N2O3. The number of aromatic hydroxyl groups is 1. The van der Waals surface area contributed by atoms with Crippen LogP contribution in [-0.2, 0) is 22.6 Å². The third kappa shape index (κ3) is 2.33. The monoisotopic (exact) mass is 260 g/mol. The van der Waals surface area contributed by atoms with Crippen molar-refractivity contribution >= 4 is 11.8 Å². The number of phenolic OH excluding ortho intramolecular Hbond substituents is 1. The van der Waals surface area contributed by atoms with E-state index in [1.165, 1.54) is 0 Å². The number of hydrogen-bond acceptors (Lipinski definition) is 4. The number of piperidine rings is 1. The van der Waals surface area contributed by atoms with Crippen molar-refractivity contribution in [2.45, 2.75) is 31.8 Å². The maximum Gasteiger partial charge on any atom is 0.243 e. The van der Waals surface area contributed by atoms with Crippen LogP contribution in [0.1, 0.15) is 24.0 Å². The summed E-state index contributed by atoms with van der Waals surface area (Å²) in [4.78, 5) is 25.1. The van der Waals surface area contributed by atoms with E-state index in [1.807, 2.05) is 6.07 Å². The molecule has 2 amide bonds. The van der Waals surface area contributed by atoms with Gasteiger partial charge in [0, 0.05) is 19.5 Å². The normalized spacial score (nSPS) is 23.9. The van der Waals surface area contributed by atoms with Crippen LogP contribution in [-0.4, -0.2) is 34.4 Å². The van der Waals surface area contributed by atoms with E-state index in [9.17, 15) is 14.7 Å². The van der Waals surface area contributed by atoms with E-state index < -0.39 is 0 Å². The number of fused-ring (bicyclic) bond motifs is 1. The molecule has 1 unspecified atom stereocenters. The van der Waals surface area contributed by atoms with Crippen LogP contribution >= 0.6 is 0 Å². The molecule has 2 aliphatic heterocycles. The molecule has 100 valence electrons. The molecular weight excluding hydrogens is 244 g/mol. The number of amides is 2. The van der Waals surface area contributed by atoms with Crippen LogP contribution in [0.4, 0.5) is 0 Å². The summed E-state index contributed by atoms with van der Waals surface area (Å²) in [6.07, 6.45) is 1.83. The predicted octanol–water partition coefficient (Wildman–Crippen LogP) is 0.555. The SMILES string of the molecule is O=C1CCC(N2CCc3cc(O)ccc3C2)C(=O)N1. The first-order valence-corrected chi connectivity index (χ1v) is 6.52. The summed E-state index contributed by atoms with van der Waals surface area (Å²) in [5, 5.41) is 11.9. The summed E-state index contributed by atoms with van der Waals surface area (Å²) in [5.74, 6) is -0.0738. The van der Waals surface area contributed by atoms with Crippen molar-refractivity contribution < 1.29 is 14.7 Å². The number of phenols is 1. The Morgan fingerprint density at radius 2 is 2.05 bits per heavy atom. The lowest BCUT2D eigenvalue weighted by atomic mass is 9.96. The molecule has 1 aromatic carbocycles. The minimum atomic E-state index is -0.209. The average molecular weight is 260 g/mol. The zero-order chi connectivity index (χ0) is 13.4. The lowest BCUT2D eigenvalue weighted by Gasteiger charge is -2.36. The number of benzene rings is 1. The molecule has 0 saturated carbocycles. The van der Waals surface area contributed by atoms with E-state index >= 15 is 0 Å². The van der Waals surface area contributed by atoms with Crippen molar-refractivity contribution in [2.75, 3.05) is 6.54 Å². The Morgan fingerprint density at radius 1 is 1.21 bits per heavy atom. The lowest BCUT2D eigenvalue weighted by molar-refractivity contribution is -0.137. The first-order valence-electron chi connectivity index (χ1n) is 6.52. The van der Waals surface area contributed by atoms with Crippen LogP contribution in [0.3, 0.4) is 0 Å². The van der Waals surface area contributed by atoms with Crippen molar-refractivity contribution in [3.63, 3.8) is 0 Å².